The molecule has 3 rings (SSSR count). The van der Waals surface area contributed by atoms with Crippen molar-refractivity contribution >= 4 is 23.6 Å². The zero-order valence-electron chi connectivity index (χ0n) is 14.3. The first-order valence-corrected chi connectivity index (χ1v) is 8.63. The number of hydrogen-bond acceptors (Lipinski definition) is 6. The highest BCUT2D eigenvalue weighted by Crippen LogP contribution is 2.27. The maximum absolute atomic E-state index is 12.4. The van der Waals surface area contributed by atoms with Gasteiger partial charge < -0.3 is 15.0 Å². The van der Waals surface area contributed by atoms with Crippen LogP contribution in [-0.4, -0.2) is 57.9 Å². The van der Waals surface area contributed by atoms with E-state index in [1.54, 1.807) is 11.1 Å². The first kappa shape index (κ1) is 17.4. The molecule has 2 amide bonds. The fraction of sp³-hybridized carbons (Fsp3) is 0.688. The highest BCUT2D eigenvalue weighted by Gasteiger charge is 2.29. The number of carbonyl (C=O) groups excluding carboxylic acids is 3. The van der Waals surface area contributed by atoms with Crippen LogP contribution in [0.1, 0.15) is 32.1 Å². The summed E-state index contributed by atoms with van der Waals surface area (Å²) in [6, 6.07) is 0. The van der Waals surface area contributed by atoms with Crippen molar-refractivity contribution in [2.45, 2.75) is 38.6 Å². The Balaban J connectivity index is 1.52. The fourth-order valence-electron chi connectivity index (χ4n) is 3.13. The summed E-state index contributed by atoms with van der Waals surface area (Å²) in [5, 5.41) is 10.5. The minimum absolute atomic E-state index is 0.0280. The third-order valence-corrected chi connectivity index (χ3v) is 4.87. The Morgan fingerprint density at radius 1 is 1.24 bits per heavy atom. The van der Waals surface area contributed by atoms with Crippen LogP contribution in [-0.2, 0) is 25.7 Å². The molecule has 9 heteroatoms. The average Bonchev–Trinajstić information content (AvgIpc) is 2.99. The number of nitrogens with one attached hydrogen (secondary N) is 1. The van der Waals surface area contributed by atoms with Crippen LogP contribution < -0.4 is 5.32 Å². The van der Waals surface area contributed by atoms with Crippen molar-refractivity contribution in [3.63, 3.8) is 0 Å². The van der Waals surface area contributed by atoms with E-state index < -0.39 is 0 Å². The number of carbonyl (C=O) groups is 3. The first-order valence-electron chi connectivity index (χ1n) is 8.63. The maximum Gasteiger partial charge on any atom is 0.310 e. The van der Waals surface area contributed by atoms with E-state index in [9.17, 15) is 14.4 Å². The Labute approximate surface area is 145 Å². The molecule has 1 atom stereocenters. The summed E-state index contributed by atoms with van der Waals surface area (Å²) >= 11 is 0. The van der Waals surface area contributed by atoms with Crippen molar-refractivity contribution < 1.29 is 19.1 Å². The van der Waals surface area contributed by atoms with Gasteiger partial charge in [0.15, 0.2) is 5.82 Å². The van der Waals surface area contributed by atoms with Crippen LogP contribution in [0.3, 0.4) is 0 Å². The lowest BCUT2D eigenvalue weighted by molar-refractivity contribution is -0.149. The van der Waals surface area contributed by atoms with Crippen LogP contribution in [0.15, 0.2) is 6.20 Å². The SMILES string of the molecule is COC(=O)C1CCCN(C(=O)Cn2cc(NC(=O)C3CCC3)nn2)C1. The average molecular weight is 349 g/mol. The van der Waals surface area contributed by atoms with Gasteiger partial charge in [-0.1, -0.05) is 11.6 Å². The molecule has 9 nitrogen and oxygen atoms in total. The van der Waals surface area contributed by atoms with Crippen molar-refractivity contribution in [1.82, 2.24) is 19.9 Å². The van der Waals surface area contributed by atoms with E-state index in [1.807, 2.05) is 0 Å². The van der Waals surface area contributed by atoms with Crippen molar-refractivity contribution in [3.05, 3.63) is 6.20 Å². The predicted molar refractivity (Wildman–Crippen MR) is 87.3 cm³/mol. The Morgan fingerprint density at radius 3 is 2.68 bits per heavy atom. The molecule has 2 fully saturated rings. The molecule has 2 heterocycles. The highest BCUT2D eigenvalue weighted by atomic mass is 16.5. The standard InChI is InChI=1S/C16H23N5O4/c1-25-16(24)12-6-3-7-20(8-12)14(22)10-21-9-13(18-19-21)17-15(23)11-4-2-5-11/h9,11-12H,2-8,10H2,1H3,(H,17,23). The van der Waals surface area contributed by atoms with Crippen LogP contribution in [0.5, 0.6) is 0 Å². The normalized spacial score (nSPS) is 20.7. The number of aromatic nitrogens is 3. The Hall–Kier alpha value is -2.45. The molecule has 0 radical (unpaired) electrons. The van der Waals surface area contributed by atoms with Crippen LogP contribution in [0.25, 0.3) is 0 Å². The van der Waals surface area contributed by atoms with Crippen LogP contribution in [0.2, 0.25) is 0 Å². The van der Waals surface area contributed by atoms with Gasteiger partial charge in [0.2, 0.25) is 11.8 Å². The van der Waals surface area contributed by atoms with Crippen molar-refractivity contribution in [2.24, 2.45) is 11.8 Å². The molecule has 1 saturated heterocycles. The molecule has 136 valence electrons. The summed E-state index contributed by atoms with van der Waals surface area (Å²) in [5.41, 5.74) is 0. The Morgan fingerprint density at radius 2 is 2.00 bits per heavy atom. The van der Waals surface area contributed by atoms with Gasteiger partial charge in [-0.05, 0) is 25.7 Å². The maximum atomic E-state index is 12.4. The number of rotatable bonds is 5. The second kappa shape index (κ2) is 7.62. The van der Waals surface area contributed by atoms with Gasteiger partial charge in [0.25, 0.3) is 0 Å². The number of piperidine rings is 1. The smallest absolute Gasteiger partial charge is 0.310 e. The van der Waals surface area contributed by atoms with Crippen molar-refractivity contribution in [1.29, 1.82) is 0 Å². The molecule has 0 spiro atoms. The number of likely N-dealkylation sites (tertiary alicyclic amines) is 1. The molecule has 1 N–H and O–H groups in total. The number of anilines is 1. The molecule has 1 unspecified atom stereocenters. The second-order valence-corrected chi connectivity index (χ2v) is 6.62. The lowest BCUT2D eigenvalue weighted by Crippen LogP contribution is -2.44. The van der Waals surface area contributed by atoms with Gasteiger partial charge in [0, 0.05) is 19.0 Å². The summed E-state index contributed by atoms with van der Waals surface area (Å²) in [4.78, 5) is 37.6. The van der Waals surface area contributed by atoms with Crippen LogP contribution >= 0.6 is 0 Å². The van der Waals surface area contributed by atoms with Gasteiger partial charge in [-0.15, -0.1) is 5.10 Å². The van der Waals surface area contributed by atoms with Gasteiger partial charge in [0.1, 0.15) is 6.54 Å². The minimum Gasteiger partial charge on any atom is -0.469 e. The third-order valence-electron chi connectivity index (χ3n) is 4.87. The summed E-state index contributed by atoms with van der Waals surface area (Å²) in [5.74, 6) is -0.293. The Kier molecular flexibility index (Phi) is 5.30. The topological polar surface area (TPSA) is 106 Å². The number of methoxy groups -OCH3 is 1. The van der Waals surface area contributed by atoms with Crippen molar-refractivity contribution in [3.8, 4) is 0 Å². The van der Waals surface area contributed by atoms with E-state index in [2.05, 4.69) is 15.6 Å². The number of esters is 1. The molecule has 1 saturated carbocycles. The molecule has 2 aliphatic rings. The molecule has 25 heavy (non-hydrogen) atoms. The molecule has 1 aliphatic heterocycles. The number of ether oxygens (including phenoxy) is 1. The monoisotopic (exact) mass is 349 g/mol. The number of hydrogen-bond donors (Lipinski definition) is 1. The number of nitrogens with zero attached hydrogens (tertiary/aromatic N) is 4. The van der Waals surface area contributed by atoms with Gasteiger partial charge >= 0.3 is 5.97 Å². The summed E-state index contributed by atoms with van der Waals surface area (Å²) in [7, 11) is 1.36. The van der Waals surface area contributed by atoms with Gasteiger partial charge in [-0.2, -0.15) is 0 Å². The van der Waals surface area contributed by atoms with Crippen molar-refractivity contribution in [2.75, 3.05) is 25.5 Å². The molecular formula is C16H23N5O4. The molecule has 1 aliphatic carbocycles. The van der Waals surface area contributed by atoms with E-state index in [4.69, 9.17) is 4.74 Å². The quantitative estimate of drug-likeness (QED) is 0.773. The number of amides is 2. The molecule has 0 aromatic carbocycles. The third kappa shape index (κ3) is 4.15. The largest absolute Gasteiger partial charge is 0.469 e. The van der Waals surface area contributed by atoms with Gasteiger partial charge in [0.05, 0.1) is 19.2 Å². The van der Waals surface area contributed by atoms with E-state index in [0.717, 1.165) is 32.1 Å². The molecular weight excluding hydrogens is 326 g/mol. The zero-order chi connectivity index (χ0) is 17.8. The summed E-state index contributed by atoms with van der Waals surface area (Å²) in [6.07, 6.45) is 5.96. The molecule has 1 aromatic heterocycles. The lowest BCUT2D eigenvalue weighted by Gasteiger charge is -2.31. The van der Waals surface area contributed by atoms with E-state index in [0.29, 0.717) is 18.9 Å². The van der Waals surface area contributed by atoms with Gasteiger partial charge in [-0.25, -0.2) is 4.68 Å². The van der Waals surface area contributed by atoms with Crippen LogP contribution in [0.4, 0.5) is 5.82 Å². The summed E-state index contributed by atoms with van der Waals surface area (Å²) in [6.45, 7) is 1.01. The highest BCUT2D eigenvalue weighted by molar-refractivity contribution is 5.92. The summed E-state index contributed by atoms with van der Waals surface area (Å²) < 4.78 is 6.17. The molecule has 0 bridgehead atoms. The predicted octanol–water partition coefficient (Wildman–Crippen LogP) is 0.428. The van der Waals surface area contributed by atoms with E-state index in [1.165, 1.54) is 11.8 Å². The lowest BCUT2D eigenvalue weighted by atomic mass is 9.85. The Bertz CT molecular complexity index is 655. The first-order chi connectivity index (χ1) is 12.1. The zero-order valence-corrected chi connectivity index (χ0v) is 14.3. The molecule has 1 aromatic rings. The fourth-order valence-corrected chi connectivity index (χ4v) is 3.13. The van der Waals surface area contributed by atoms with E-state index >= 15 is 0 Å². The van der Waals surface area contributed by atoms with Crippen LogP contribution in [0, 0.1) is 11.8 Å². The van der Waals surface area contributed by atoms with Gasteiger partial charge in [-0.3, -0.25) is 14.4 Å². The van der Waals surface area contributed by atoms with E-state index in [-0.39, 0.29) is 36.2 Å². The second-order valence-electron chi connectivity index (χ2n) is 6.62. The minimum atomic E-state index is -0.278.